The van der Waals surface area contributed by atoms with E-state index in [2.05, 4.69) is 5.32 Å². The monoisotopic (exact) mass is 266 g/mol. The Hall–Kier alpha value is -1.38. The van der Waals surface area contributed by atoms with Crippen molar-refractivity contribution in [3.63, 3.8) is 0 Å². The van der Waals surface area contributed by atoms with Crippen LogP contribution in [0.1, 0.15) is 5.56 Å². The lowest BCUT2D eigenvalue weighted by molar-refractivity contribution is 1.15. The molecule has 0 aliphatic carbocycles. The lowest BCUT2D eigenvalue weighted by Crippen LogP contribution is -2.02. The first kappa shape index (κ1) is 12.1. The number of benzene rings is 2. The van der Waals surface area contributed by atoms with E-state index < -0.39 is 0 Å². The highest BCUT2D eigenvalue weighted by Crippen LogP contribution is 2.25. The van der Waals surface area contributed by atoms with Crippen LogP contribution in [0.2, 0.25) is 10.0 Å². The van der Waals surface area contributed by atoms with Gasteiger partial charge in [0.05, 0.1) is 10.0 Å². The van der Waals surface area contributed by atoms with Crippen LogP contribution in [0, 0.1) is 0 Å². The zero-order chi connectivity index (χ0) is 12.3. The normalized spacial score (nSPS) is 10.2. The number of rotatable bonds is 3. The summed E-state index contributed by atoms with van der Waals surface area (Å²) in [6.45, 7) is 0.657. The molecule has 3 N–H and O–H groups in total. The molecule has 2 rings (SSSR count). The largest absolute Gasteiger partial charge is 0.398 e. The molecule has 0 aliphatic rings. The summed E-state index contributed by atoms with van der Waals surface area (Å²) in [4.78, 5) is 0. The Balaban J connectivity index is 2.08. The summed E-state index contributed by atoms with van der Waals surface area (Å²) in [5.41, 5.74) is 8.60. The lowest BCUT2D eigenvalue weighted by Gasteiger charge is -2.09. The zero-order valence-corrected chi connectivity index (χ0v) is 10.6. The summed E-state index contributed by atoms with van der Waals surface area (Å²) in [6.07, 6.45) is 0. The Kier molecular flexibility index (Phi) is 3.77. The van der Waals surface area contributed by atoms with Gasteiger partial charge >= 0.3 is 0 Å². The fourth-order valence-electron chi connectivity index (χ4n) is 1.50. The molecule has 2 nitrogen and oxygen atoms in total. The highest BCUT2D eigenvalue weighted by atomic mass is 35.5. The number of anilines is 2. The van der Waals surface area contributed by atoms with E-state index in [0.29, 0.717) is 16.6 Å². The van der Waals surface area contributed by atoms with Crippen LogP contribution in [-0.2, 0) is 6.54 Å². The van der Waals surface area contributed by atoms with Crippen LogP contribution in [0.15, 0.2) is 42.5 Å². The van der Waals surface area contributed by atoms with Gasteiger partial charge in [0.1, 0.15) is 0 Å². The van der Waals surface area contributed by atoms with E-state index in [4.69, 9.17) is 28.9 Å². The molecule has 0 heterocycles. The third kappa shape index (κ3) is 3.05. The van der Waals surface area contributed by atoms with Crippen molar-refractivity contribution in [1.29, 1.82) is 0 Å². The first-order valence-electron chi connectivity index (χ1n) is 5.19. The molecule has 4 heteroatoms. The minimum Gasteiger partial charge on any atom is -0.398 e. The zero-order valence-electron chi connectivity index (χ0n) is 9.08. The molecule has 0 aliphatic heterocycles. The first-order chi connectivity index (χ1) is 8.16. The van der Waals surface area contributed by atoms with Crippen LogP contribution in [-0.4, -0.2) is 0 Å². The number of para-hydroxylation sites is 1. The number of nitrogens with two attached hydrogens (primary N) is 1. The van der Waals surface area contributed by atoms with Gasteiger partial charge in [-0.1, -0.05) is 41.4 Å². The first-order valence-corrected chi connectivity index (χ1v) is 5.95. The molecule has 0 fully saturated rings. The van der Waals surface area contributed by atoms with Gasteiger partial charge in [-0.3, -0.25) is 0 Å². The standard InChI is InChI=1S/C13H12Cl2N2/c14-11-6-5-10(7-12(11)15)17-8-9-3-1-2-4-13(9)16/h1-7,17H,8,16H2. The lowest BCUT2D eigenvalue weighted by atomic mass is 10.2. The molecule has 0 amide bonds. The van der Waals surface area contributed by atoms with Crippen molar-refractivity contribution in [3.05, 3.63) is 58.1 Å². The van der Waals surface area contributed by atoms with Crippen molar-refractivity contribution >= 4 is 34.6 Å². The van der Waals surface area contributed by atoms with E-state index in [1.807, 2.05) is 30.3 Å². The molecule has 0 atom stereocenters. The molecular formula is C13H12Cl2N2. The smallest absolute Gasteiger partial charge is 0.0612 e. The van der Waals surface area contributed by atoms with Gasteiger partial charge in [-0.25, -0.2) is 0 Å². The summed E-state index contributed by atoms with van der Waals surface area (Å²) in [7, 11) is 0. The summed E-state index contributed by atoms with van der Waals surface area (Å²) in [5, 5.41) is 4.34. The Morgan fingerprint density at radius 3 is 2.47 bits per heavy atom. The average molecular weight is 267 g/mol. The van der Waals surface area contributed by atoms with Crippen LogP contribution >= 0.6 is 23.2 Å². The van der Waals surface area contributed by atoms with Crippen molar-refractivity contribution in [1.82, 2.24) is 0 Å². The molecular weight excluding hydrogens is 255 g/mol. The van der Waals surface area contributed by atoms with E-state index in [1.165, 1.54) is 0 Å². The Morgan fingerprint density at radius 1 is 1.00 bits per heavy atom. The van der Waals surface area contributed by atoms with Crippen LogP contribution in [0.4, 0.5) is 11.4 Å². The minimum atomic E-state index is 0.540. The third-order valence-corrected chi connectivity index (χ3v) is 3.20. The topological polar surface area (TPSA) is 38.0 Å². The number of hydrogen-bond donors (Lipinski definition) is 2. The van der Waals surface area contributed by atoms with Crippen molar-refractivity contribution in [2.75, 3.05) is 11.1 Å². The van der Waals surface area contributed by atoms with E-state index >= 15 is 0 Å². The van der Waals surface area contributed by atoms with Crippen LogP contribution in [0.25, 0.3) is 0 Å². The van der Waals surface area contributed by atoms with Crippen molar-refractivity contribution in [2.45, 2.75) is 6.54 Å². The summed E-state index contributed by atoms with van der Waals surface area (Å²) in [5.74, 6) is 0. The molecule has 0 bridgehead atoms. The molecule has 0 unspecified atom stereocenters. The fraction of sp³-hybridized carbons (Fsp3) is 0.0769. The predicted molar refractivity (Wildman–Crippen MR) is 74.6 cm³/mol. The van der Waals surface area contributed by atoms with Gasteiger partial charge in [0, 0.05) is 17.9 Å². The molecule has 0 saturated carbocycles. The maximum absolute atomic E-state index is 5.93. The van der Waals surface area contributed by atoms with Crippen molar-refractivity contribution in [2.24, 2.45) is 0 Å². The molecule has 17 heavy (non-hydrogen) atoms. The summed E-state index contributed by atoms with van der Waals surface area (Å²) < 4.78 is 0. The van der Waals surface area contributed by atoms with Gasteiger partial charge in [-0.15, -0.1) is 0 Å². The number of nitrogen functional groups attached to an aromatic ring is 1. The van der Waals surface area contributed by atoms with Crippen LogP contribution in [0.5, 0.6) is 0 Å². The number of hydrogen-bond acceptors (Lipinski definition) is 2. The maximum atomic E-state index is 5.93. The van der Waals surface area contributed by atoms with Gasteiger partial charge in [0.15, 0.2) is 0 Å². The predicted octanol–water partition coefficient (Wildman–Crippen LogP) is 4.19. The van der Waals surface area contributed by atoms with Crippen LogP contribution < -0.4 is 11.1 Å². The molecule has 2 aromatic rings. The molecule has 0 aromatic heterocycles. The summed E-state index contributed by atoms with van der Waals surface area (Å²) in [6, 6.07) is 13.2. The number of halogens is 2. The van der Waals surface area contributed by atoms with Gasteiger partial charge in [-0.2, -0.15) is 0 Å². The van der Waals surface area contributed by atoms with E-state index in [0.717, 1.165) is 16.9 Å². The van der Waals surface area contributed by atoms with Crippen LogP contribution in [0.3, 0.4) is 0 Å². The van der Waals surface area contributed by atoms with E-state index in [9.17, 15) is 0 Å². The Labute approximate surface area is 110 Å². The molecule has 88 valence electrons. The van der Waals surface area contributed by atoms with Crippen molar-refractivity contribution < 1.29 is 0 Å². The maximum Gasteiger partial charge on any atom is 0.0612 e. The SMILES string of the molecule is Nc1ccccc1CNc1ccc(Cl)c(Cl)c1. The van der Waals surface area contributed by atoms with Gasteiger partial charge < -0.3 is 11.1 Å². The summed E-state index contributed by atoms with van der Waals surface area (Å²) >= 11 is 11.8. The second kappa shape index (κ2) is 5.30. The van der Waals surface area contributed by atoms with Gasteiger partial charge in [-0.05, 0) is 29.8 Å². The third-order valence-electron chi connectivity index (χ3n) is 2.46. The second-order valence-corrected chi connectivity index (χ2v) is 4.50. The van der Waals surface area contributed by atoms with Gasteiger partial charge in [0.2, 0.25) is 0 Å². The van der Waals surface area contributed by atoms with Gasteiger partial charge in [0.25, 0.3) is 0 Å². The Morgan fingerprint density at radius 2 is 1.76 bits per heavy atom. The highest BCUT2D eigenvalue weighted by molar-refractivity contribution is 6.42. The Bertz CT molecular complexity index is 527. The minimum absolute atomic E-state index is 0.540. The van der Waals surface area contributed by atoms with Crippen molar-refractivity contribution in [3.8, 4) is 0 Å². The molecule has 0 radical (unpaired) electrons. The average Bonchev–Trinajstić information content (AvgIpc) is 2.32. The molecule has 0 saturated heterocycles. The molecule has 0 spiro atoms. The fourth-order valence-corrected chi connectivity index (χ4v) is 1.80. The quantitative estimate of drug-likeness (QED) is 0.818. The highest BCUT2D eigenvalue weighted by Gasteiger charge is 2.00. The number of nitrogens with one attached hydrogen (secondary N) is 1. The second-order valence-electron chi connectivity index (χ2n) is 3.68. The molecule has 2 aromatic carbocycles. The van der Waals surface area contributed by atoms with E-state index in [1.54, 1.807) is 12.1 Å². The van der Waals surface area contributed by atoms with E-state index in [-0.39, 0.29) is 0 Å².